The first-order valence-corrected chi connectivity index (χ1v) is 8.36. The number of carboxylic acid groups (broad SMARTS) is 1. The van der Waals surface area contributed by atoms with Crippen LogP contribution in [0.25, 0.3) is 0 Å². The molecular weight excluding hydrogens is 365 g/mol. The van der Waals surface area contributed by atoms with Gasteiger partial charge in [-0.2, -0.15) is 0 Å². The lowest BCUT2D eigenvalue weighted by molar-refractivity contribution is -0.255. The number of hydrogen-bond acceptors (Lipinski definition) is 5. The fourth-order valence-corrected chi connectivity index (χ4v) is 3.45. The van der Waals surface area contributed by atoms with Gasteiger partial charge in [-0.25, -0.2) is 8.42 Å². The van der Waals surface area contributed by atoms with E-state index in [1.54, 1.807) is 0 Å². The highest BCUT2D eigenvalue weighted by Gasteiger charge is 2.21. The molecule has 0 heterocycles. The summed E-state index contributed by atoms with van der Waals surface area (Å²) in [5.41, 5.74) is -0.247. The highest BCUT2D eigenvalue weighted by molar-refractivity contribution is 7.92. The highest BCUT2D eigenvalue weighted by Crippen LogP contribution is 2.31. The maximum atomic E-state index is 12.5. The van der Waals surface area contributed by atoms with Gasteiger partial charge in [0.25, 0.3) is 10.0 Å². The third-order valence-corrected chi connectivity index (χ3v) is 4.81. The Morgan fingerprint density at radius 1 is 1.17 bits per heavy atom. The van der Waals surface area contributed by atoms with Crippen molar-refractivity contribution in [2.75, 3.05) is 11.8 Å². The molecule has 0 aromatic heterocycles. The second-order valence-corrected chi connectivity index (χ2v) is 6.88. The molecule has 0 spiro atoms. The molecule has 2 aromatic carbocycles. The molecule has 9 heteroatoms. The molecule has 0 fully saturated rings. The molecule has 2 aromatic rings. The summed E-state index contributed by atoms with van der Waals surface area (Å²) in [4.78, 5) is 10.6. The summed E-state index contributed by atoms with van der Waals surface area (Å²) < 4.78 is 32.2. The van der Waals surface area contributed by atoms with E-state index in [-0.39, 0.29) is 31.9 Å². The summed E-state index contributed by atoms with van der Waals surface area (Å²) in [6, 6.07) is 7.60. The van der Waals surface area contributed by atoms with Crippen molar-refractivity contribution in [2.45, 2.75) is 4.90 Å². The van der Waals surface area contributed by atoms with Gasteiger partial charge in [0.2, 0.25) is 0 Å². The summed E-state index contributed by atoms with van der Waals surface area (Å²) in [6.07, 6.45) is 0. The molecule has 0 atom stereocenters. The number of carbonyl (C=O) groups excluding carboxylic acids is 1. The largest absolute Gasteiger partial charge is 0.545 e. The van der Waals surface area contributed by atoms with Crippen molar-refractivity contribution < 1.29 is 23.1 Å². The number of benzene rings is 2. The standard InChI is InChI=1S/C14H11Cl2NO5S/c1-22-12-5-2-8(14(18)19)6-13(12)23(20,21)17-11-7-9(15)3-4-10(11)16/h2-7,17H,1H3,(H,18,19)/p-1. The number of sulfonamides is 1. The average Bonchev–Trinajstić information content (AvgIpc) is 2.50. The van der Waals surface area contributed by atoms with Crippen LogP contribution in [0.15, 0.2) is 41.3 Å². The Labute approximate surface area is 142 Å². The van der Waals surface area contributed by atoms with Gasteiger partial charge in [-0.15, -0.1) is 0 Å². The minimum absolute atomic E-state index is 0.0272. The van der Waals surface area contributed by atoms with E-state index in [1.807, 2.05) is 0 Å². The number of anilines is 1. The zero-order valence-electron chi connectivity index (χ0n) is 11.7. The van der Waals surface area contributed by atoms with Gasteiger partial charge in [-0.1, -0.05) is 23.2 Å². The van der Waals surface area contributed by atoms with Crippen LogP contribution in [0, 0.1) is 0 Å². The molecular formula is C14H10Cl2NO5S-. The Hall–Kier alpha value is -1.96. The Balaban J connectivity index is 2.52. The van der Waals surface area contributed by atoms with Crippen LogP contribution >= 0.6 is 23.2 Å². The van der Waals surface area contributed by atoms with Crippen LogP contribution in [0.1, 0.15) is 10.4 Å². The summed E-state index contributed by atoms with van der Waals surface area (Å²) in [7, 11) is -2.90. The lowest BCUT2D eigenvalue weighted by atomic mass is 10.2. The fraction of sp³-hybridized carbons (Fsp3) is 0.0714. The second kappa shape index (κ2) is 6.66. The number of halogens is 2. The first-order valence-electron chi connectivity index (χ1n) is 6.12. The van der Waals surface area contributed by atoms with E-state index < -0.39 is 16.0 Å². The minimum atomic E-state index is -4.16. The molecule has 0 radical (unpaired) electrons. The molecule has 2 rings (SSSR count). The van der Waals surface area contributed by atoms with E-state index in [0.717, 1.165) is 6.07 Å². The zero-order valence-corrected chi connectivity index (χ0v) is 14.0. The number of rotatable bonds is 5. The van der Waals surface area contributed by atoms with Crippen molar-refractivity contribution in [3.63, 3.8) is 0 Å². The predicted octanol–water partition coefficient (Wildman–Crippen LogP) is 2.17. The molecule has 0 aliphatic carbocycles. The molecule has 6 nitrogen and oxygen atoms in total. The topological polar surface area (TPSA) is 95.5 Å². The lowest BCUT2D eigenvalue weighted by Crippen LogP contribution is -2.23. The fourth-order valence-electron chi connectivity index (χ4n) is 1.79. The van der Waals surface area contributed by atoms with E-state index in [1.165, 1.54) is 37.4 Å². The molecule has 0 aliphatic heterocycles. The van der Waals surface area contributed by atoms with Gasteiger partial charge >= 0.3 is 0 Å². The third kappa shape index (κ3) is 3.87. The second-order valence-electron chi connectivity index (χ2n) is 4.38. The molecule has 0 unspecified atom stereocenters. The van der Waals surface area contributed by atoms with Crippen LogP contribution in [-0.4, -0.2) is 21.5 Å². The van der Waals surface area contributed by atoms with E-state index in [4.69, 9.17) is 27.9 Å². The number of nitrogens with one attached hydrogen (secondary N) is 1. The third-order valence-electron chi connectivity index (χ3n) is 2.86. The molecule has 0 amide bonds. The SMILES string of the molecule is COc1ccc(C(=O)[O-])cc1S(=O)(=O)Nc1cc(Cl)ccc1Cl. The Kier molecular flexibility index (Phi) is 5.03. The number of aromatic carboxylic acids is 1. The molecule has 0 aliphatic rings. The Morgan fingerprint density at radius 2 is 1.87 bits per heavy atom. The van der Waals surface area contributed by atoms with Crippen molar-refractivity contribution in [1.82, 2.24) is 0 Å². The van der Waals surface area contributed by atoms with Crippen LogP contribution in [-0.2, 0) is 10.0 Å². The summed E-state index contributed by atoms with van der Waals surface area (Å²) >= 11 is 11.7. The van der Waals surface area contributed by atoms with E-state index in [0.29, 0.717) is 0 Å². The number of methoxy groups -OCH3 is 1. The van der Waals surface area contributed by atoms with Crippen LogP contribution in [0.4, 0.5) is 5.69 Å². The summed E-state index contributed by atoms with van der Waals surface area (Å²) in [6.45, 7) is 0. The van der Waals surface area contributed by atoms with Gasteiger partial charge < -0.3 is 14.6 Å². The molecule has 1 N–H and O–H groups in total. The number of carbonyl (C=O) groups is 1. The average molecular weight is 375 g/mol. The Morgan fingerprint density at radius 3 is 2.48 bits per heavy atom. The van der Waals surface area contributed by atoms with Gasteiger partial charge in [0.15, 0.2) is 0 Å². The number of carboxylic acids is 1. The van der Waals surface area contributed by atoms with Gasteiger partial charge in [0.05, 0.1) is 23.8 Å². The van der Waals surface area contributed by atoms with Crippen LogP contribution < -0.4 is 14.6 Å². The van der Waals surface area contributed by atoms with E-state index in [2.05, 4.69) is 4.72 Å². The first-order chi connectivity index (χ1) is 10.7. The molecule has 0 bridgehead atoms. The number of hydrogen-bond donors (Lipinski definition) is 1. The van der Waals surface area contributed by atoms with Crippen LogP contribution in [0.2, 0.25) is 10.0 Å². The lowest BCUT2D eigenvalue weighted by Gasteiger charge is -2.14. The molecule has 0 saturated carbocycles. The van der Waals surface area contributed by atoms with Crippen molar-refractivity contribution in [1.29, 1.82) is 0 Å². The van der Waals surface area contributed by atoms with E-state index >= 15 is 0 Å². The smallest absolute Gasteiger partial charge is 0.265 e. The number of ether oxygens (including phenoxy) is 1. The maximum absolute atomic E-state index is 12.5. The van der Waals surface area contributed by atoms with Crippen molar-refractivity contribution in [2.24, 2.45) is 0 Å². The van der Waals surface area contributed by atoms with Gasteiger partial charge in [-0.3, -0.25) is 4.72 Å². The minimum Gasteiger partial charge on any atom is -0.545 e. The van der Waals surface area contributed by atoms with Gasteiger partial charge in [-0.05, 0) is 42.0 Å². The van der Waals surface area contributed by atoms with Crippen LogP contribution in [0.3, 0.4) is 0 Å². The molecule has 23 heavy (non-hydrogen) atoms. The normalized spacial score (nSPS) is 11.1. The van der Waals surface area contributed by atoms with Gasteiger partial charge in [0, 0.05) is 5.02 Å². The highest BCUT2D eigenvalue weighted by atomic mass is 35.5. The summed E-state index contributed by atoms with van der Waals surface area (Å²) in [5.74, 6) is -1.54. The maximum Gasteiger partial charge on any atom is 0.265 e. The van der Waals surface area contributed by atoms with Gasteiger partial charge in [0.1, 0.15) is 10.6 Å². The summed E-state index contributed by atoms with van der Waals surface area (Å²) in [5, 5.41) is 11.3. The predicted molar refractivity (Wildman–Crippen MR) is 84.6 cm³/mol. The van der Waals surface area contributed by atoms with Crippen LogP contribution in [0.5, 0.6) is 5.75 Å². The first kappa shape index (κ1) is 17.4. The van der Waals surface area contributed by atoms with Crippen molar-refractivity contribution in [3.8, 4) is 5.75 Å². The van der Waals surface area contributed by atoms with E-state index in [9.17, 15) is 18.3 Å². The van der Waals surface area contributed by atoms with Crippen molar-refractivity contribution >= 4 is 44.9 Å². The molecule has 0 saturated heterocycles. The molecule has 122 valence electrons. The zero-order chi connectivity index (χ0) is 17.2. The van der Waals surface area contributed by atoms with Crippen molar-refractivity contribution in [3.05, 3.63) is 52.0 Å². The Bertz CT molecular complexity index is 867. The monoisotopic (exact) mass is 374 g/mol. The quantitative estimate of drug-likeness (QED) is 0.864.